The average molecular weight is 242 g/mol. The molecule has 0 saturated heterocycles. The molecule has 0 bridgehead atoms. The van der Waals surface area contributed by atoms with E-state index in [-0.39, 0.29) is 0 Å². The third-order valence-electron chi connectivity index (χ3n) is 3.19. The van der Waals surface area contributed by atoms with Crippen LogP contribution in [-0.4, -0.2) is 11.5 Å². The van der Waals surface area contributed by atoms with E-state index in [2.05, 4.69) is 50.4 Å². The second-order valence-electron chi connectivity index (χ2n) is 4.82. The Kier molecular flexibility index (Phi) is 4.19. The van der Waals surface area contributed by atoms with Crippen LogP contribution in [0.2, 0.25) is 0 Å². The lowest BCUT2D eigenvalue weighted by Crippen LogP contribution is -2.06. The van der Waals surface area contributed by atoms with Gasteiger partial charge in [-0.3, -0.25) is 0 Å². The predicted octanol–water partition coefficient (Wildman–Crippen LogP) is 4.32. The summed E-state index contributed by atoms with van der Waals surface area (Å²) < 4.78 is 0. The largest absolute Gasteiger partial charge is 0.370 e. The number of benzene rings is 1. The number of rotatable bonds is 5. The second kappa shape index (κ2) is 5.85. The predicted molar refractivity (Wildman–Crippen MR) is 79.3 cm³/mol. The molecule has 1 heterocycles. The number of aryl methyl sites for hydroxylation is 2. The van der Waals surface area contributed by atoms with E-state index in [1.54, 1.807) is 0 Å². The Balaban J connectivity index is 2.50. The molecular formula is C16H22N2. The SMILES string of the molecule is CCCNc1nc2c(C)cccc2cc1CCC. The van der Waals surface area contributed by atoms with Crippen LogP contribution < -0.4 is 5.32 Å². The van der Waals surface area contributed by atoms with Gasteiger partial charge in [0.2, 0.25) is 0 Å². The molecule has 0 atom stereocenters. The molecule has 2 heteroatoms. The molecule has 2 rings (SSSR count). The van der Waals surface area contributed by atoms with Crippen LogP contribution in [0.4, 0.5) is 5.82 Å². The quantitative estimate of drug-likeness (QED) is 0.844. The highest BCUT2D eigenvalue weighted by Gasteiger charge is 2.07. The third-order valence-corrected chi connectivity index (χ3v) is 3.19. The van der Waals surface area contributed by atoms with E-state index in [1.165, 1.54) is 16.5 Å². The molecule has 1 aromatic carbocycles. The first kappa shape index (κ1) is 12.9. The summed E-state index contributed by atoms with van der Waals surface area (Å²) in [5.74, 6) is 1.07. The fraction of sp³-hybridized carbons (Fsp3) is 0.438. The van der Waals surface area contributed by atoms with Crippen molar-refractivity contribution >= 4 is 16.7 Å². The number of nitrogens with one attached hydrogen (secondary N) is 1. The molecule has 0 aliphatic rings. The highest BCUT2D eigenvalue weighted by atomic mass is 15.0. The van der Waals surface area contributed by atoms with Crippen LogP contribution in [0.1, 0.15) is 37.8 Å². The minimum Gasteiger partial charge on any atom is -0.370 e. The van der Waals surface area contributed by atoms with Crippen molar-refractivity contribution < 1.29 is 0 Å². The van der Waals surface area contributed by atoms with Crippen molar-refractivity contribution in [1.82, 2.24) is 4.98 Å². The van der Waals surface area contributed by atoms with Crippen molar-refractivity contribution in [3.63, 3.8) is 0 Å². The summed E-state index contributed by atoms with van der Waals surface area (Å²) in [6, 6.07) is 8.67. The number of pyridine rings is 1. The summed E-state index contributed by atoms with van der Waals surface area (Å²) in [5, 5.41) is 4.71. The van der Waals surface area contributed by atoms with Gasteiger partial charge >= 0.3 is 0 Å². The van der Waals surface area contributed by atoms with E-state index < -0.39 is 0 Å². The highest BCUT2D eigenvalue weighted by Crippen LogP contribution is 2.24. The smallest absolute Gasteiger partial charge is 0.129 e. The molecule has 1 aromatic heterocycles. The standard InChI is InChI=1S/C16H22N2/c1-4-7-14-11-13-9-6-8-12(3)15(13)18-16(14)17-10-5-2/h6,8-9,11H,4-5,7,10H2,1-3H3,(H,17,18). The first-order chi connectivity index (χ1) is 8.76. The maximum Gasteiger partial charge on any atom is 0.129 e. The zero-order valence-electron chi connectivity index (χ0n) is 11.6. The molecule has 96 valence electrons. The number of nitrogens with zero attached hydrogens (tertiary/aromatic N) is 1. The maximum atomic E-state index is 4.82. The lowest BCUT2D eigenvalue weighted by molar-refractivity contribution is 0.906. The normalized spacial score (nSPS) is 10.8. The van der Waals surface area contributed by atoms with E-state index >= 15 is 0 Å². The van der Waals surface area contributed by atoms with Gasteiger partial charge in [-0.2, -0.15) is 0 Å². The van der Waals surface area contributed by atoms with Crippen LogP contribution >= 0.6 is 0 Å². The fourth-order valence-electron chi connectivity index (χ4n) is 2.25. The Hall–Kier alpha value is -1.57. The van der Waals surface area contributed by atoms with Crippen molar-refractivity contribution in [3.05, 3.63) is 35.4 Å². The molecule has 1 N–H and O–H groups in total. The van der Waals surface area contributed by atoms with Gasteiger partial charge in [-0.1, -0.05) is 38.5 Å². The molecule has 18 heavy (non-hydrogen) atoms. The Morgan fingerprint density at radius 3 is 2.72 bits per heavy atom. The first-order valence-electron chi connectivity index (χ1n) is 6.89. The van der Waals surface area contributed by atoms with Gasteiger partial charge in [0.25, 0.3) is 0 Å². The van der Waals surface area contributed by atoms with Crippen molar-refractivity contribution in [2.75, 3.05) is 11.9 Å². The van der Waals surface area contributed by atoms with Gasteiger partial charge in [-0.15, -0.1) is 0 Å². The molecule has 0 aliphatic heterocycles. The summed E-state index contributed by atoms with van der Waals surface area (Å²) in [4.78, 5) is 4.82. The zero-order valence-corrected chi connectivity index (χ0v) is 11.6. The number of anilines is 1. The van der Waals surface area contributed by atoms with Gasteiger partial charge in [0.15, 0.2) is 0 Å². The fourth-order valence-corrected chi connectivity index (χ4v) is 2.25. The lowest BCUT2D eigenvalue weighted by atomic mass is 10.1. The van der Waals surface area contributed by atoms with Gasteiger partial charge < -0.3 is 5.32 Å². The van der Waals surface area contributed by atoms with Crippen molar-refractivity contribution in [1.29, 1.82) is 0 Å². The van der Waals surface area contributed by atoms with E-state index in [1.807, 2.05) is 0 Å². The third kappa shape index (κ3) is 2.63. The van der Waals surface area contributed by atoms with Crippen molar-refractivity contribution in [2.24, 2.45) is 0 Å². The van der Waals surface area contributed by atoms with Crippen LogP contribution in [0.25, 0.3) is 10.9 Å². The van der Waals surface area contributed by atoms with Gasteiger partial charge in [-0.05, 0) is 37.0 Å². The van der Waals surface area contributed by atoms with Crippen LogP contribution in [0.3, 0.4) is 0 Å². The molecule has 2 aromatic rings. The van der Waals surface area contributed by atoms with Gasteiger partial charge in [0, 0.05) is 11.9 Å². The topological polar surface area (TPSA) is 24.9 Å². The monoisotopic (exact) mass is 242 g/mol. The lowest BCUT2D eigenvalue weighted by Gasteiger charge is -2.12. The van der Waals surface area contributed by atoms with Crippen molar-refractivity contribution in [2.45, 2.75) is 40.0 Å². The molecule has 0 aliphatic carbocycles. The molecule has 0 unspecified atom stereocenters. The molecule has 2 nitrogen and oxygen atoms in total. The average Bonchev–Trinajstić information content (AvgIpc) is 2.37. The van der Waals surface area contributed by atoms with E-state index in [9.17, 15) is 0 Å². The molecule has 0 spiro atoms. The van der Waals surface area contributed by atoms with Crippen molar-refractivity contribution in [3.8, 4) is 0 Å². The number of para-hydroxylation sites is 1. The first-order valence-corrected chi connectivity index (χ1v) is 6.89. The summed E-state index contributed by atoms with van der Waals surface area (Å²) in [6.07, 6.45) is 3.36. The maximum absolute atomic E-state index is 4.82. The van der Waals surface area contributed by atoms with E-state index in [0.29, 0.717) is 0 Å². The zero-order chi connectivity index (χ0) is 13.0. The van der Waals surface area contributed by atoms with Crippen LogP contribution in [0, 0.1) is 6.92 Å². The Bertz CT molecular complexity index is 532. The van der Waals surface area contributed by atoms with Crippen LogP contribution in [0.15, 0.2) is 24.3 Å². The number of aromatic nitrogens is 1. The second-order valence-corrected chi connectivity index (χ2v) is 4.82. The molecule has 0 radical (unpaired) electrons. The Morgan fingerprint density at radius 1 is 1.17 bits per heavy atom. The number of fused-ring (bicyclic) bond motifs is 1. The van der Waals surface area contributed by atoms with Gasteiger partial charge in [0.1, 0.15) is 5.82 Å². The van der Waals surface area contributed by atoms with Crippen LogP contribution in [-0.2, 0) is 6.42 Å². The number of hydrogen-bond acceptors (Lipinski definition) is 2. The minimum atomic E-state index is 0.987. The Morgan fingerprint density at radius 2 is 2.00 bits per heavy atom. The minimum absolute atomic E-state index is 0.987. The summed E-state index contributed by atoms with van der Waals surface area (Å²) in [7, 11) is 0. The highest BCUT2D eigenvalue weighted by molar-refractivity contribution is 5.84. The van der Waals surface area contributed by atoms with E-state index in [4.69, 9.17) is 4.98 Å². The molecule has 0 saturated carbocycles. The summed E-state index contributed by atoms with van der Waals surface area (Å²) in [6.45, 7) is 7.50. The molecule has 0 amide bonds. The molecular weight excluding hydrogens is 220 g/mol. The van der Waals surface area contributed by atoms with E-state index in [0.717, 1.165) is 37.1 Å². The summed E-state index contributed by atoms with van der Waals surface area (Å²) in [5.41, 5.74) is 3.70. The van der Waals surface area contributed by atoms with Crippen LogP contribution in [0.5, 0.6) is 0 Å². The van der Waals surface area contributed by atoms with Gasteiger partial charge in [0.05, 0.1) is 5.52 Å². The number of hydrogen-bond donors (Lipinski definition) is 1. The molecule has 0 fully saturated rings. The Labute approximate surface area is 109 Å². The summed E-state index contributed by atoms with van der Waals surface area (Å²) >= 11 is 0. The van der Waals surface area contributed by atoms with Gasteiger partial charge in [-0.25, -0.2) is 4.98 Å².